The summed E-state index contributed by atoms with van der Waals surface area (Å²) in [7, 11) is 0. The second-order valence-electron chi connectivity index (χ2n) is 5.44. The molecule has 0 saturated heterocycles. The van der Waals surface area contributed by atoms with Crippen molar-refractivity contribution in [3.05, 3.63) is 41.1 Å². The number of amides is 1. The van der Waals surface area contributed by atoms with E-state index in [1.54, 1.807) is 4.90 Å². The second-order valence-corrected chi connectivity index (χ2v) is 5.44. The average molecular weight is 300 g/mol. The maximum atomic E-state index is 11.9. The van der Waals surface area contributed by atoms with Gasteiger partial charge in [0, 0.05) is 30.6 Å². The Kier molecular flexibility index (Phi) is 4.13. The summed E-state index contributed by atoms with van der Waals surface area (Å²) in [5, 5.41) is 4.22. The van der Waals surface area contributed by atoms with Gasteiger partial charge in [-0.25, -0.2) is 4.79 Å². The molecule has 1 amide bonds. The molecule has 2 aromatic rings. The lowest BCUT2D eigenvalue weighted by Gasteiger charge is -2.19. The fourth-order valence-electron chi connectivity index (χ4n) is 2.83. The van der Waals surface area contributed by atoms with E-state index in [-0.39, 0.29) is 6.09 Å². The fourth-order valence-corrected chi connectivity index (χ4v) is 2.83. The highest BCUT2D eigenvalue weighted by Crippen LogP contribution is 2.31. The van der Waals surface area contributed by atoms with Crippen LogP contribution in [0.3, 0.4) is 0 Å². The van der Waals surface area contributed by atoms with Gasteiger partial charge in [0.25, 0.3) is 0 Å². The van der Waals surface area contributed by atoms with Crippen LogP contribution in [0.2, 0.25) is 0 Å². The summed E-state index contributed by atoms with van der Waals surface area (Å²) in [6.45, 7) is 5.53. The first kappa shape index (κ1) is 14.6. The van der Waals surface area contributed by atoms with Crippen molar-refractivity contribution in [1.29, 1.82) is 0 Å². The molecule has 0 unspecified atom stereocenters. The minimum absolute atomic E-state index is 0.248. The van der Waals surface area contributed by atoms with Gasteiger partial charge in [-0.15, -0.1) is 0 Å². The zero-order valence-electron chi connectivity index (χ0n) is 13.0. The normalized spacial score (nSPS) is 14.4. The number of aryl methyl sites for hydroxylation is 1. The highest BCUT2D eigenvalue weighted by Gasteiger charge is 2.25. The molecule has 0 aliphatic carbocycles. The molecular weight excluding hydrogens is 280 g/mol. The van der Waals surface area contributed by atoms with Crippen LogP contribution >= 0.6 is 0 Å². The lowest BCUT2D eigenvalue weighted by molar-refractivity contribution is 0.108. The van der Waals surface area contributed by atoms with Crippen molar-refractivity contribution in [2.45, 2.75) is 26.7 Å². The van der Waals surface area contributed by atoms with Gasteiger partial charge < -0.3 is 14.2 Å². The average Bonchev–Trinajstić information content (AvgIpc) is 2.79. The molecular formula is C17H20N2O3. The summed E-state index contributed by atoms with van der Waals surface area (Å²) in [4.78, 5) is 13.6. The van der Waals surface area contributed by atoms with E-state index in [2.05, 4.69) is 18.1 Å². The summed E-state index contributed by atoms with van der Waals surface area (Å²) in [6.07, 6.45) is 1.19. The first-order valence-electron chi connectivity index (χ1n) is 7.65. The van der Waals surface area contributed by atoms with E-state index in [1.165, 1.54) is 0 Å². The van der Waals surface area contributed by atoms with Crippen LogP contribution in [0.4, 0.5) is 4.79 Å². The summed E-state index contributed by atoms with van der Waals surface area (Å²) in [6, 6.07) is 8.12. The van der Waals surface area contributed by atoms with Crippen LogP contribution in [0.5, 0.6) is 0 Å². The molecule has 1 aliphatic rings. The zero-order valence-corrected chi connectivity index (χ0v) is 13.0. The van der Waals surface area contributed by atoms with E-state index in [0.29, 0.717) is 26.1 Å². The van der Waals surface area contributed by atoms with Gasteiger partial charge in [-0.3, -0.25) is 0 Å². The Bertz CT molecular complexity index is 678. The van der Waals surface area contributed by atoms with E-state index in [4.69, 9.17) is 9.26 Å². The standard InChI is InChI=1S/C17H20N2O3/c1-3-21-17(20)19-10-8-14-15(9-11-19)18-22-16(14)13-7-5-4-6-12(13)2/h4-7H,3,8-11H2,1-2H3. The number of nitrogens with zero attached hydrogens (tertiary/aromatic N) is 2. The van der Waals surface area contributed by atoms with Crippen LogP contribution in [-0.2, 0) is 17.6 Å². The molecule has 0 saturated carbocycles. The number of rotatable bonds is 2. The summed E-state index contributed by atoms with van der Waals surface area (Å²) in [5.74, 6) is 0.832. The number of ether oxygens (including phenoxy) is 1. The SMILES string of the molecule is CCOC(=O)N1CCc2noc(-c3ccccc3C)c2CC1. The third-order valence-electron chi connectivity index (χ3n) is 4.04. The Morgan fingerprint density at radius 1 is 1.32 bits per heavy atom. The van der Waals surface area contributed by atoms with Crippen molar-refractivity contribution >= 4 is 6.09 Å². The van der Waals surface area contributed by atoms with Gasteiger partial charge in [-0.1, -0.05) is 29.4 Å². The second kappa shape index (κ2) is 6.22. The van der Waals surface area contributed by atoms with E-state index in [0.717, 1.165) is 34.6 Å². The summed E-state index contributed by atoms with van der Waals surface area (Å²) in [5.41, 5.74) is 4.29. The predicted octanol–water partition coefficient (Wildman–Crippen LogP) is 3.21. The smallest absolute Gasteiger partial charge is 0.409 e. The molecule has 3 rings (SSSR count). The lowest BCUT2D eigenvalue weighted by atomic mass is 10.00. The van der Waals surface area contributed by atoms with Gasteiger partial charge in [0.2, 0.25) is 0 Å². The number of aromatic nitrogens is 1. The molecule has 2 heterocycles. The Hall–Kier alpha value is -2.30. The van der Waals surface area contributed by atoms with Crippen LogP contribution in [0, 0.1) is 6.92 Å². The van der Waals surface area contributed by atoms with Crippen LogP contribution in [-0.4, -0.2) is 35.8 Å². The largest absolute Gasteiger partial charge is 0.450 e. The van der Waals surface area contributed by atoms with E-state index in [1.807, 2.05) is 25.1 Å². The number of hydrogen-bond acceptors (Lipinski definition) is 4. The molecule has 0 bridgehead atoms. The molecule has 22 heavy (non-hydrogen) atoms. The van der Waals surface area contributed by atoms with Gasteiger partial charge in [0.1, 0.15) is 0 Å². The van der Waals surface area contributed by atoms with Crippen molar-refractivity contribution in [1.82, 2.24) is 10.1 Å². The Labute approximate surface area is 129 Å². The maximum absolute atomic E-state index is 11.9. The van der Waals surface area contributed by atoms with E-state index in [9.17, 15) is 4.79 Å². The van der Waals surface area contributed by atoms with E-state index < -0.39 is 0 Å². The van der Waals surface area contributed by atoms with Crippen LogP contribution in [0.25, 0.3) is 11.3 Å². The number of hydrogen-bond donors (Lipinski definition) is 0. The lowest BCUT2D eigenvalue weighted by Crippen LogP contribution is -2.33. The van der Waals surface area contributed by atoms with Crippen molar-refractivity contribution < 1.29 is 14.1 Å². The topological polar surface area (TPSA) is 55.6 Å². The number of benzene rings is 1. The Morgan fingerprint density at radius 3 is 2.86 bits per heavy atom. The molecule has 5 heteroatoms. The molecule has 0 radical (unpaired) electrons. The Balaban J connectivity index is 1.86. The highest BCUT2D eigenvalue weighted by molar-refractivity contribution is 5.69. The predicted molar refractivity (Wildman–Crippen MR) is 82.7 cm³/mol. The van der Waals surface area contributed by atoms with Gasteiger partial charge in [0.15, 0.2) is 5.76 Å². The first-order chi connectivity index (χ1) is 10.7. The maximum Gasteiger partial charge on any atom is 0.409 e. The summed E-state index contributed by atoms with van der Waals surface area (Å²) >= 11 is 0. The fraction of sp³-hybridized carbons (Fsp3) is 0.412. The molecule has 0 N–H and O–H groups in total. The van der Waals surface area contributed by atoms with Crippen LogP contribution < -0.4 is 0 Å². The quantitative estimate of drug-likeness (QED) is 0.854. The Morgan fingerprint density at radius 2 is 2.09 bits per heavy atom. The molecule has 1 aliphatic heterocycles. The van der Waals surface area contributed by atoms with Crippen molar-refractivity contribution in [2.75, 3.05) is 19.7 Å². The van der Waals surface area contributed by atoms with Crippen LogP contribution in [0.1, 0.15) is 23.7 Å². The number of carbonyl (C=O) groups excluding carboxylic acids is 1. The van der Waals surface area contributed by atoms with Gasteiger partial charge in [-0.05, 0) is 25.8 Å². The third-order valence-corrected chi connectivity index (χ3v) is 4.04. The van der Waals surface area contributed by atoms with Gasteiger partial charge in [0.05, 0.1) is 12.3 Å². The van der Waals surface area contributed by atoms with Crippen LogP contribution in [0.15, 0.2) is 28.8 Å². The van der Waals surface area contributed by atoms with Crippen molar-refractivity contribution in [2.24, 2.45) is 0 Å². The molecule has 1 aromatic carbocycles. The minimum atomic E-state index is -0.248. The minimum Gasteiger partial charge on any atom is -0.450 e. The van der Waals surface area contributed by atoms with Crippen molar-refractivity contribution in [3.8, 4) is 11.3 Å². The van der Waals surface area contributed by atoms with Gasteiger partial charge in [-0.2, -0.15) is 0 Å². The van der Waals surface area contributed by atoms with Gasteiger partial charge >= 0.3 is 6.09 Å². The molecule has 1 aromatic heterocycles. The number of carbonyl (C=O) groups is 1. The molecule has 0 fully saturated rings. The highest BCUT2D eigenvalue weighted by atomic mass is 16.6. The molecule has 0 spiro atoms. The summed E-state index contributed by atoms with van der Waals surface area (Å²) < 4.78 is 10.7. The zero-order chi connectivity index (χ0) is 15.5. The first-order valence-corrected chi connectivity index (χ1v) is 7.65. The monoisotopic (exact) mass is 300 g/mol. The molecule has 5 nitrogen and oxygen atoms in total. The molecule has 0 atom stereocenters. The van der Waals surface area contributed by atoms with E-state index >= 15 is 0 Å². The molecule has 116 valence electrons. The number of fused-ring (bicyclic) bond motifs is 1. The third kappa shape index (κ3) is 2.71. The van der Waals surface area contributed by atoms with Crippen molar-refractivity contribution in [3.63, 3.8) is 0 Å².